The number of nitrogens with two attached hydrogens (primary N) is 1. The average Bonchev–Trinajstić information content (AvgIpc) is 2.56. The predicted octanol–water partition coefficient (Wildman–Crippen LogP) is 0.903. The number of morpholine rings is 1. The Morgan fingerprint density at radius 1 is 1.28 bits per heavy atom. The largest absolute Gasteiger partial charge is 0.388 e. The minimum atomic E-state index is -0.962. The Bertz CT molecular complexity index is 628. The molecule has 0 bridgehead atoms. The summed E-state index contributed by atoms with van der Waals surface area (Å²) in [6, 6.07) is 8.36. The summed E-state index contributed by atoms with van der Waals surface area (Å²) in [5.74, 6) is -0.446. The lowest BCUT2D eigenvalue weighted by molar-refractivity contribution is -0.157. The van der Waals surface area contributed by atoms with Gasteiger partial charge < -0.3 is 20.5 Å². The van der Waals surface area contributed by atoms with E-state index in [0.29, 0.717) is 39.1 Å². The monoisotopic (exact) mass is 347 g/mol. The standard InChI is InChI=1S/C19H29N3O3/c1-15-5-3-4-6-16(15)22-9-7-19(24,8-10-22)14-21-11-12-25-18(2,13-21)17(20)23/h3-6,24H,7-14H2,1-2H3,(H2,20,23)/t18-/m0/s1. The van der Waals surface area contributed by atoms with Crippen LogP contribution in [-0.2, 0) is 9.53 Å². The molecule has 1 aromatic carbocycles. The van der Waals surface area contributed by atoms with Crippen LogP contribution in [0.15, 0.2) is 24.3 Å². The van der Waals surface area contributed by atoms with Crippen LogP contribution in [0.3, 0.4) is 0 Å². The molecule has 6 nitrogen and oxygen atoms in total. The van der Waals surface area contributed by atoms with Gasteiger partial charge in [-0.2, -0.15) is 0 Å². The number of aryl methyl sites for hydroxylation is 1. The molecule has 0 radical (unpaired) electrons. The Hall–Kier alpha value is -1.63. The van der Waals surface area contributed by atoms with Crippen molar-refractivity contribution >= 4 is 11.6 Å². The van der Waals surface area contributed by atoms with Crippen molar-refractivity contribution in [3.05, 3.63) is 29.8 Å². The molecule has 2 heterocycles. The van der Waals surface area contributed by atoms with Crippen molar-refractivity contribution in [1.29, 1.82) is 0 Å². The maximum absolute atomic E-state index is 11.6. The number of piperidine rings is 1. The number of carbonyl (C=O) groups excluding carboxylic acids is 1. The van der Waals surface area contributed by atoms with Crippen LogP contribution >= 0.6 is 0 Å². The molecule has 1 atom stereocenters. The molecule has 0 aromatic heterocycles. The second-order valence-corrected chi connectivity index (χ2v) is 7.65. The topological polar surface area (TPSA) is 79.0 Å². The number of rotatable bonds is 4. The van der Waals surface area contributed by atoms with E-state index in [2.05, 4.69) is 34.9 Å². The lowest BCUT2D eigenvalue weighted by Gasteiger charge is -2.45. The fourth-order valence-corrected chi connectivity index (χ4v) is 3.89. The molecule has 2 fully saturated rings. The van der Waals surface area contributed by atoms with E-state index in [-0.39, 0.29) is 0 Å². The number of ether oxygens (including phenoxy) is 1. The first-order valence-electron chi connectivity index (χ1n) is 9.01. The number of benzene rings is 1. The molecule has 2 saturated heterocycles. The van der Waals surface area contributed by atoms with Gasteiger partial charge in [-0.3, -0.25) is 9.69 Å². The van der Waals surface area contributed by atoms with Gasteiger partial charge in [-0.1, -0.05) is 18.2 Å². The smallest absolute Gasteiger partial charge is 0.250 e. The SMILES string of the molecule is Cc1ccccc1N1CCC(O)(CN2CCO[C@](C)(C(N)=O)C2)CC1. The van der Waals surface area contributed by atoms with Crippen LogP contribution in [-0.4, -0.2) is 66.4 Å². The third-order valence-corrected chi connectivity index (χ3v) is 5.54. The number of nitrogens with zero attached hydrogens (tertiary/aromatic N) is 2. The third kappa shape index (κ3) is 3.97. The molecule has 138 valence electrons. The molecule has 0 spiro atoms. The fraction of sp³-hybridized carbons (Fsp3) is 0.632. The van der Waals surface area contributed by atoms with Crippen LogP contribution in [0.2, 0.25) is 0 Å². The highest BCUT2D eigenvalue weighted by molar-refractivity contribution is 5.83. The number of hydrogen-bond donors (Lipinski definition) is 2. The van der Waals surface area contributed by atoms with Gasteiger partial charge in [0, 0.05) is 38.4 Å². The van der Waals surface area contributed by atoms with Gasteiger partial charge in [-0.25, -0.2) is 0 Å². The van der Waals surface area contributed by atoms with E-state index in [0.717, 1.165) is 13.1 Å². The summed E-state index contributed by atoms with van der Waals surface area (Å²) in [6.07, 6.45) is 1.43. The predicted molar refractivity (Wildman–Crippen MR) is 97.6 cm³/mol. The van der Waals surface area contributed by atoms with Crippen molar-refractivity contribution in [2.45, 2.75) is 37.9 Å². The van der Waals surface area contributed by atoms with E-state index in [1.54, 1.807) is 6.92 Å². The summed E-state index contributed by atoms with van der Waals surface area (Å²) in [7, 11) is 0. The van der Waals surface area contributed by atoms with Gasteiger partial charge in [0.1, 0.15) is 0 Å². The maximum Gasteiger partial charge on any atom is 0.250 e. The summed E-state index contributed by atoms with van der Waals surface area (Å²) in [6.45, 7) is 7.68. The summed E-state index contributed by atoms with van der Waals surface area (Å²) < 4.78 is 5.56. The number of aliphatic hydroxyl groups is 1. The Balaban J connectivity index is 1.59. The minimum absolute atomic E-state index is 0.437. The highest BCUT2D eigenvalue weighted by Crippen LogP contribution is 2.30. The molecule has 3 N–H and O–H groups in total. The average molecular weight is 347 g/mol. The lowest BCUT2D eigenvalue weighted by Crippen LogP contribution is -2.60. The van der Waals surface area contributed by atoms with Gasteiger partial charge in [0.05, 0.1) is 12.2 Å². The number of amides is 1. The van der Waals surface area contributed by atoms with Gasteiger partial charge in [0.25, 0.3) is 5.91 Å². The zero-order valence-electron chi connectivity index (χ0n) is 15.2. The van der Waals surface area contributed by atoms with Crippen LogP contribution in [0, 0.1) is 6.92 Å². The number of hydrogen-bond acceptors (Lipinski definition) is 5. The number of primary amides is 1. The molecule has 3 rings (SSSR count). The molecule has 0 aliphatic carbocycles. The summed E-state index contributed by atoms with van der Waals surface area (Å²) in [5.41, 5.74) is 6.29. The van der Waals surface area contributed by atoms with Crippen molar-refractivity contribution in [2.24, 2.45) is 5.73 Å². The Morgan fingerprint density at radius 2 is 1.96 bits per heavy atom. The normalized spacial score (nSPS) is 27.2. The van der Waals surface area contributed by atoms with Crippen molar-refractivity contribution in [3.63, 3.8) is 0 Å². The molecule has 2 aliphatic rings. The van der Waals surface area contributed by atoms with Crippen molar-refractivity contribution in [2.75, 3.05) is 44.2 Å². The quantitative estimate of drug-likeness (QED) is 0.846. The molecule has 1 aromatic rings. The van der Waals surface area contributed by atoms with Crippen molar-refractivity contribution < 1.29 is 14.6 Å². The fourth-order valence-electron chi connectivity index (χ4n) is 3.89. The number of para-hydroxylation sites is 1. The van der Waals surface area contributed by atoms with Crippen LogP contribution in [0.5, 0.6) is 0 Å². The Labute approximate surface area is 149 Å². The Kier molecular flexibility index (Phi) is 5.04. The zero-order valence-corrected chi connectivity index (χ0v) is 15.2. The molecule has 0 unspecified atom stereocenters. The lowest BCUT2D eigenvalue weighted by atomic mass is 9.89. The molecule has 25 heavy (non-hydrogen) atoms. The maximum atomic E-state index is 11.6. The van der Waals surface area contributed by atoms with Crippen LogP contribution in [0.1, 0.15) is 25.3 Å². The number of carbonyl (C=O) groups is 1. The summed E-state index contributed by atoms with van der Waals surface area (Å²) in [4.78, 5) is 16.1. The van der Waals surface area contributed by atoms with Crippen molar-refractivity contribution in [1.82, 2.24) is 4.90 Å². The van der Waals surface area contributed by atoms with Crippen molar-refractivity contribution in [3.8, 4) is 0 Å². The molecule has 0 saturated carbocycles. The second kappa shape index (κ2) is 6.94. The van der Waals surface area contributed by atoms with E-state index in [1.807, 2.05) is 6.07 Å². The molecule has 1 amide bonds. The Morgan fingerprint density at radius 3 is 2.60 bits per heavy atom. The molecule has 6 heteroatoms. The van der Waals surface area contributed by atoms with Gasteiger partial charge in [-0.05, 0) is 38.3 Å². The highest BCUT2D eigenvalue weighted by atomic mass is 16.5. The van der Waals surface area contributed by atoms with E-state index < -0.39 is 17.1 Å². The molecule has 2 aliphatic heterocycles. The van der Waals surface area contributed by atoms with Crippen LogP contribution in [0.25, 0.3) is 0 Å². The van der Waals surface area contributed by atoms with E-state index in [4.69, 9.17) is 10.5 Å². The second-order valence-electron chi connectivity index (χ2n) is 7.65. The van der Waals surface area contributed by atoms with Gasteiger partial charge in [0.2, 0.25) is 0 Å². The first kappa shape index (κ1) is 18.2. The molecular weight excluding hydrogens is 318 g/mol. The van der Waals surface area contributed by atoms with Gasteiger partial charge in [-0.15, -0.1) is 0 Å². The van der Waals surface area contributed by atoms with Gasteiger partial charge >= 0.3 is 0 Å². The summed E-state index contributed by atoms with van der Waals surface area (Å²) in [5, 5.41) is 11.0. The highest BCUT2D eigenvalue weighted by Gasteiger charge is 2.41. The van der Waals surface area contributed by atoms with E-state index in [9.17, 15) is 9.90 Å². The van der Waals surface area contributed by atoms with E-state index >= 15 is 0 Å². The number of β-amino-alcohol motifs (C(OH)–C–C–N with tert-alkyl or cyclic N) is 1. The third-order valence-electron chi connectivity index (χ3n) is 5.54. The number of anilines is 1. The van der Waals surface area contributed by atoms with E-state index in [1.165, 1.54) is 11.3 Å². The van der Waals surface area contributed by atoms with Crippen LogP contribution in [0.4, 0.5) is 5.69 Å². The zero-order chi connectivity index (χ0) is 18.1. The first-order valence-corrected chi connectivity index (χ1v) is 9.01. The minimum Gasteiger partial charge on any atom is -0.388 e. The van der Waals surface area contributed by atoms with Gasteiger partial charge in [0.15, 0.2) is 5.60 Å². The van der Waals surface area contributed by atoms with Crippen LogP contribution < -0.4 is 10.6 Å². The molecular formula is C19H29N3O3. The summed E-state index contributed by atoms with van der Waals surface area (Å²) >= 11 is 0. The first-order chi connectivity index (χ1) is 11.8.